The highest BCUT2D eigenvalue weighted by molar-refractivity contribution is 7.98. The Morgan fingerprint density at radius 3 is 1.32 bits per heavy atom. The molecule has 10 amide bonds. The van der Waals surface area contributed by atoms with Crippen molar-refractivity contribution in [3.63, 3.8) is 0 Å². The lowest BCUT2D eigenvalue weighted by Crippen LogP contribution is -2.62. The molecule has 0 aliphatic carbocycles. The second-order valence-electron chi connectivity index (χ2n) is 26.0. The van der Waals surface area contributed by atoms with Crippen LogP contribution in [0.25, 0.3) is 0 Å². The number of carbonyl (C=O) groups is 10. The van der Waals surface area contributed by atoms with Gasteiger partial charge in [-0.3, -0.25) is 47.9 Å². The summed E-state index contributed by atoms with van der Waals surface area (Å²) in [4.78, 5) is 148. The fourth-order valence-corrected chi connectivity index (χ4v) is 11.8. The van der Waals surface area contributed by atoms with Crippen LogP contribution in [0.2, 0.25) is 0 Å². The van der Waals surface area contributed by atoms with Gasteiger partial charge in [0.05, 0.1) is 18.6 Å². The van der Waals surface area contributed by atoms with E-state index in [-0.39, 0.29) is 56.8 Å². The molecule has 10 atom stereocenters. The van der Waals surface area contributed by atoms with E-state index < -0.39 is 120 Å². The van der Waals surface area contributed by atoms with Crippen LogP contribution < -0.4 is 53.2 Å². The average Bonchev–Trinajstić information content (AvgIpc) is 0.905. The van der Waals surface area contributed by atoms with Crippen molar-refractivity contribution in [1.82, 2.24) is 63.1 Å². The number of H-pyrrole nitrogens is 1. The first kappa shape index (κ1) is 82.3. The van der Waals surface area contributed by atoms with Gasteiger partial charge in [0.1, 0.15) is 54.4 Å². The number of carbonyl (C=O) groups excluding carboxylic acids is 10. The number of nitrogens with zero attached hydrogens (tertiary/aromatic N) is 1. The van der Waals surface area contributed by atoms with Crippen LogP contribution in [-0.2, 0) is 73.6 Å². The molecule has 0 saturated carbocycles. The van der Waals surface area contributed by atoms with Gasteiger partial charge in [-0.05, 0) is 66.7 Å². The Bertz CT molecular complexity index is 3020. The van der Waals surface area contributed by atoms with Crippen LogP contribution >= 0.6 is 11.8 Å². The van der Waals surface area contributed by atoms with Crippen molar-refractivity contribution in [3.8, 4) is 0 Å². The van der Waals surface area contributed by atoms with E-state index in [1.165, 1.54) is 89.8 Å². The summed E-state index contributed by atoms with van der Waals surface area (Å²) >= 11 is 1.41. The van der Waals surface area contributed by atoms with Gasteiger partial charge in [-0.25, -0.2) is 4.98 Å². The average molecular weight is 1380 g/mol. The molecule has 0 radical (unpaired) electrons. The van der Waals surface area contributed by atoms with Crippen molar-refractivity contribution in [3.05, 3.63) is 126 Å². The van der Waals surface area contributed by atoms with Crippen molar-refractivity contribution in [1.29, 1.82) is 0 Å². The van der Waals surface area contributed by atoms with Crippen molar-refractivity contribution >= 4 is 70.8 Å². The van der Waals surface area contributed by atoms with E-state index in [0.717, 1.165) is 36.8 Å². The SMILES string of the molecule is CCCCCCCCCCCCCCCCC(=O)N[C@@H](Cc1c[nH]cn1)C(=O)N[C@@H](CO)C(=O)N[C@@H](CC(C)C)C(=O)N[C@H](C(=O)N[C@@H](Cc1ccccc1)C(=O)N[C@@H](CCSC)C(=O)N[C@@H](C)C(=O)N[C@@H](Cc1ccccc1)C(=O)N[C@@H](Cc1ccccc1)C(=O)NC)[C@@H](C)CC. The third-order valence-electron chi connectivity index (χ3n) is 17.3. The minimum Gasteiger partial charge on any atom is -0.394 e. The van der Waals surface area contributed by atoms with Gasteiger partial charge >= 0.3 is 0 Å². The Kier molecular flexibility index (Phi) is 39.5. The number of hydrogen-bond donors (Lipinski definition) is 12. The van der Waals surface area contributed by atoms with E-state index in [4.69, 9.17) is 0 Å². The molecule has 0 aliphatic heterocycles. The zero-order valence-electron chi connectivity index (χ0n) is 59.0. The monoisotopic (exact) mass is 1380 g/mol. The van der Waals surface area contributed by atoms with Gasteiger partial charge in [0.2, 0.25) is 59.1 Å². The largest absolute Gasteiger partial charge is 0.394 e. The Morgan fingerprint density at radius 1 is 0.459 bits per heavy atom. The van der Waals surface area contributed by atoms with Crippen molar-refractivity contribution in [2.24, 2.45) is 11.8 Å². The third kappa shape index (κ3) is 31.6. The number of rotatable bonds is 49. The van der Waals surface area contributed by atoms with Gasteiger partial charge in [-0.2, -0.15) is 11.8 Å². The molecule has 0 bridgehead atoms. The Hall–Kier alpha value is -8.12. The summed E-state index contributed by atoms with van der Waals surface area (Å²) < 4.78 is 0. The van der Waals surface area contributed by atoms with Crippen LogP contribution in [0, 0.1) is 11.8 Å². The first-order valence-electron chi connectivity index (χ1n) is 35.3. The number of unbranched alkanes of at least 4 members (excludes halogenated alkanes) is 13. The van der Waals surface area contributed by atoms with E-state index in [2.05, 4.69) is 70.1 Å². The number of aliphatic hydroxyl groups excluding tert-OH is 1. The standard InChI is InChI=1S/C74H112N12O11S/c1-9-11-12-13-14-15-16-17-18-19-20-21-22-32-39-64(88)79-62(46-56-47-76-49-77-56)71(94)85-63(48-87)73(96)82-58(42-50(3)4)72(95)86-65(51(5)10-2)74(97)84-61(45-55-37-30-25-31-38-55)69(92)80-57(40-41-98-8)68(91)78-52(6)66(89)81-60(44-54-35-28-24-29-36-54)70(93)83-59(67(90)75-7)43-53-33-26-23-27-34-53/h23-31,33-38,47,49-52,57-63,65,87H,9-22,32,39-46,48H2,1-8H3,(H,75,90)(H,76,77)(H,78,91)(H,79,88)(H,80,92)(H,81,89)(H,82,96)(H,83,93)(H,84,97)(H,85,94)(H,86,95)/t51-,52-,57-,58-,59-,60-,61-,62-,63-,65-/m0/s1. The summed E-state index contributed by atoms with van der Waals surface area (Å²) in [5.74, 6) is -7.05. The van der Waals surface area contributed by atoms with Crippen molar-refractivity contribution < 1.29 is 53.1 Å². The molecule has 4 rings (SSSR count). The molecule has 23 nitrogen and oxygen atoms in total. The second kappa shape index (κ2) is 47.0. The number of nitrogens with one attached hydrogen (secondary N) is 11. The van der Waals surface area contributed by atoms with Gasteiger partial charge in [-0.1, -0.05) is 216 Å². The molecular formula is C74H112N12O11S. The maximum atomic E-state index is 14.7. The zero-order valence-corrected chi connectivity index (χ0v) is 59.8. The van der Waals surface area contributed by atoms with Gasteiger partial charge in [-0.15, -0.1) is 0 Å². The molecule has 540 valence electrons. The lowest BCUT2D eigenvalue weighted by atomic mass is 9.95. The third-order valence-corrected chi connectivity index (χ3v) is 18.0. The summed E-state index contributed by atoms with van der Waals surface area (Å²) in [5, 5.41) is 38.0. The van der Waals surface area contributed by atoms with E-state index in [1.54, 1.807) is 67.7 Å². The fraction of sp³-hybridized carbons (Fsp3) is 0.581. The minimum absolute atomic E-state index is 0.0139. The van der Waals surface area contributed by atoms with Crippen LogP contribution in [0.15, 0.2) is 104 Å². The number of aromatic nitrogens is 2. The maximum Gasteiger partial charge on any atom is 0.245 e. The summed E-state index contributed by atoms with van der Waals surface area (Å²) in [6.07, 6.45) is 22.1. The smallest absolute Gasteiger partial charge is 0.245 e. The molecule has 24 heteroatoms. The number of aromatic amines is 1. The predicted octanol–water partition coefficient (Wildman–Crippen LogP) is 6.52. The minimum atomic E-state index is -1.56. The van der Waals surface area contributed by atoms with Crippen LogP contribution in [0.3, 0.4) is 0 Å². The number of hydrogen-bond acceptors (Lipinski definition) is 13. The van der Waals surface area contributed by atoms with E-state index in [0.29, 0.717) is 29.9 Å². The molecule has 0 saturated heterocycles. The molecule has 1 heterocycles. The zero-order chi connectivity index (χ0) is 71.6. The Morgan fingerprint density at radius 2 is 0.867 bits per heavy atom. The quantitative estimate of drug-likeness (QED) is 0.0210. The lowest BCUT2D eigenvalue weighted by molar-refractivity contribution is -0.136. The highest BCUT2D eigenvalue weighted by Crippen LogP contribution is 2.17. The number of amides is 10. The van der Waals surface area contributed by atoms with Gasteiger partial charge < -0.3 is 63.3 Å². The molecule has 0 fully saturated rings. The number of thioether (sulfide) groups is 1. The summed E-state index contributed by atoms with van der Waals surface area (Å²) in [6, 6.07) is 15.8. The molecule has 12 N–H and O–H groups in total. The van der Waals surface area contributed by atoms with E-state index >= 15 is 0 Å². The van der Waals surface area contributed by atoms with Crippen molar-refractivity contribution in [2.75, 3.05) is 25.7 Å². The van der Waals surface area contributed by atoms with E-state index in [1.807, 2.05) is 63.4 Å². The maximum absolute atomic E-state index is 14.7. The van der Waals surface area contributed by atoms with Crippen LogP contribution in [0.1, 0.15) is 180 Å². The number of imidazole rings is 1. The molecule has 3 aromatic carbocycles. The van der Waals surface area contributed by atoms with Gasteiger partial charge in [0, 0.05) is 45.3 Å². The first-order chi connectivity index (χ1) is 47.2. The summed E-state index contributed by atoms with van der Waals surface area (Å²) in [5.41, 5.74) is 2.65. The Labute approximate surface area is 584 Å². The number of likely N-dealkylation sites (N-methyl/N-ethyl adjacent to an activating group) is 1. The van der Waals surface area contributed by atoms with Crippen LogP contribution in [0.5, 0.6) is 0 Å². The lowest BCUT2D eigenvalue weighted by Gasteiger charge is -2.30. The van der Waals surface area contributed by atoms with Crippen molar-refractivity contribution in [2.45, 2.75) is 237 Å². The number of aliphatic hydroxyl groups is 1. The van der Waals surface area contributed by atoms with Gasteiger partial charge in [0.25, 0.3) is 0 Å². The Balaban J connectivity index is 1.45. The van der Waals surface area contributed by atoms with Crippen LogP contribution in [-0.4, -0.2) is 154 Å². The summed E-state index contributed by atoms with van der Waals surface area (Å²) in [7, 11) is 1.46. The summed E-state index contributed by atoms with van der Waals surface area (Å²) in [6.45, 7) is 10.0. The first-order valence-corrected chi connectivity index (χ1v) is 36.7. The fourth-order valence-electron chi connectivity index (χ4n) is 11.3. The molecule has 1 aromatic heterocycles. The highest BCUT2D eigenvalue weighted by Gasteiger charge is 2.37. The number of benzene rings is 3. The topological polar surface area (TPSA) is 340 Å². The molecule has 0 spiro atoms. The predicted molar refractivity (Wildman–Crippen MR) is 384 cm³/mol. The van der Waals surface area contributed by atoms with Gasteiger partial charge in [0.15, 0.2) is 0 Å². The molecule has 98 heavy (non-hydrogen) atoms. The molecular weight excluding hydrogens is 1260 g/mol. The molecule has 4 aromatic rings. The van der Waals surface area contributed by atoms with Crippen LogP contribution in [0.4, 0.5) is 0 Å². The normalized spacial score (nSPS) is 14.3. The molecule has 0 unspecified atom stereocenters. The second-order valence-corrected chi connectivity index (χ2v) is 27.0. The van der Waals surface area contributed by atoms with E-state index in [9.17, 15) is 53.1 Å². The molecule has 0 aliphatic rings. The highest BCUT2D eigenvalue weighted by atomic mass is 32.2.